The molecule has 3 N–H and O–H groups in total. The van der Waals surface area contributed by atoms with Crippen molar-refractivity contribution in [3.63, 3.8) is 0 Å². The van der Waals surface area contributed by atoms with Gasteiger partial charge in [-0.2, -0.15) is 5.10 Å². The minimum atomic E-state index is -1.12. The SMILES string of the molecule is O=C(CNc1cccc2ccccc12)N/N=C\c1ccc(-c2ccc(Cl)c(C(=O)O)c2)o1. The van der Waals surface area contributed by atoms with Crippen LogP contribution in [0, 0.1) is 0 Å². The Morgan fingerprint density at radius 1 is 1.03 bits per heavy atom. The first-order valence-corrected chi connectivity index (χ1v) is 10.1. The van der Waals surface area contributed by atoms with Gasteiger partial charge in [0.15, 0.2) is 0 Å². The summed E-state index contributed by atoms with van der Waals surface area (Å²) in [7, 11) is 0. The summed E-state index contributed by atoms with van der Waals surface area (Å²) in [5, 5.41) is 18.5. The predicted octanol–water partition coefficient (Wildman–Crippen LogP) is 5.01. The molecule has 3 aromatic carbocycles. The van der Waals surface area contributed by atoms with Crippen molar-refractivity contribution in [1.82, 2.24) is 5.43 Å². The summed E-state index contributed by atoms with van der Waals surface area (Å²) in [6.07, 6.45) is 1.37. The number of carbonyl (C=O) groups is 2. The lowest BCUT2D eigenvalue weighted by Crippen LogP contribution is -2.25. The highest BCUT2D eigenvalue weighted by Gasteiger charge is 2.12. The quantitative estimate of drug-likeness (QED) is 0.273. The van der Waals surface area contributed by atoms with E-state index in [9.17, 15) is 14.7 Å². The van der Waals surface area contributed by atoms with Gasteiger partial charge in [0.05, 0.1) is 23.3 Å². The number of halogens is 1. The van der Waals surface area contributed by atoms with E-state index in [1.165, 1.54) is 18.3 Å². The molecule has 160 valence electrons. The van der Waals surface area contributed by atoms with Gasteiger partial charge in [0, 0.05) is 16.6 Å². The Bertz CT molecular complexity index is 1320. The minimum absolute atomic E-state index is 0.0123. The van der Waals surface area contributed by atoms with Gasteiger partial charge in [0.25, 0.3) is 5.91 Å². The summed E-state index contributed by atoms with van der Waals surface area (Å²) in [6.45, 7) is 0.0531. The van der Waals surface area contributed by atoms with Crippen LogP contribution in [0.15, 0.2) is 82.3 Å². The van der Waals surface area contributed by atoms with Crippen LogP contribution in [0.1, 0.15) is 16.1 Å². The molecule has 4 rings (SSSR count). The molecular formula is C24H18ClN3O4. The molecule has 0 saturated heterocycles. The molecule has 1 aromatic heterocycles. The lowest BCUT2D eigenvalue weighted by atomic mass is 10.1. The van der Waals surface area contributed by atoms with Crippen LogP contribution < -0.4 is 10.7 Å². The maximum atomic E-state index is 12.1. The van der Waals surface area contributed by atoms with Crippen LogP contribution in [-0.4, -0.2) is 29.7 Å². The third-order valence-electron chi connectivity index (χ3n) is 4.72. The van der Waals surface area contributed by atoms with Gasteiger partial charge in [-0.1, -0.05) is 48.0 Å². The fraction of sp³-hybridized carbons (Fsp3) is 0.0417. The summed E-state index contributed by atoms with van der Waals surface area (Å²) in [5.74, 6) is -0.585. The highest BCUT2D eigenvalue weighted by atomic mass is 35.5. The van der Waals surface area contributed by atoms with Crippen LogP contribution in [0.25, 0.3) is 22.1 Å². The molecular weight excluding hydrogens is 430 g/mol. The number of carboxylic acid groups (broad SMARTS) is 1. The monoisotopic (exact) mass is 447 g/mol. The molecule has 0 spiro atoms. The van der Waals surface area contributed by atoms with E-state index in [1.54, 1.807) is 18.2 Å². The number of nitrogens with one attached hydrogen (secondary N) is 2. The van der Waals surface area contributed by atoms with E-state index >= 15 is 0 Å². The number of furan rings is 1. The molecule has 0 unspecified atom stereocenters. The Hall–Kier alpha value is -4.10. The minimum Gasteiger partial charge on any atom is -0.478 e. The summed E-state index contributed by atoms with van der Waals surface area (Å²) >= 11 is 5.90. The van der Waals surface area contributed by atoms with Gasteiger partial charge < -0.3 is 14.8 Å². The normalized spacial score (nSPS) is 11.0. The second-order valence-electron chi connectivity index (χ2n) is 6.88. The number of hydrogen-bond acceptors (Lipinski definition) is 5. The second-order valence-corrected chi connectivity index (χ2v) is 7.28. The van der Waals surface area contributed by atoms with Crippen molar-refractivity contribution in [1.29, 1.82) is 0 Å². The van der Waals surface area contributed by atoms with E-state index in [4.69, 9.17) is 16.0 Å². The zero-order valence-corrected chi connectivity index (χ0v) is 17.5. The van der Waals surface area contributed by atoms with Gasteiger partial charge in [-0.3, -0.25) is 4.79 Å². The number of aromatic carboxylic acids is 1. The maximum absolute atomic E-state index is 12.1. The first kappa shape index (κ1) is 21.1. The van der Waals surface area contributed by atoms with Gasteiger partial charge in [0.2, 0.25) is 0 Å². The Morgan fingerprint density at radius 3 is 2.69 bits per heavy atom. The van der Waals surface area contributed by atoms with Gasteiger partial charge in [0.1, 0.15) is 11.5 Å². The molecule has 0 radical (unpaired) electrons. The van der Waals surface area contributed by atoms with Gasteiger partial charge >= 0.3 is 5.97 Å². The molecule has 0 fully saturated rings. The first-order valence-electron chi connectivity index (χ1n) is 9.68. The number of hydrogen-bond donors (Lipinski definition) is 3. The number of rotatable bonds is 7. The lowest BCUT2D eigenvalue weighted by Gasteiger charge is -2.08. The molecule has 0 bridgehead atoms. The van der Waals surface area contributed by atoms with Crippen molar-refractivity contribution in [2.45, 2.75) is 0 Å². The zero-order chi connectivity index (χ0) is 22.5. The predicted molar refractivity (Wildman–Crippen MR) is 124 cm³/mol. The highest BCUT2D eigenvalue weighted by Crippen LogP contribution is 2.26. The van der Waals surface area contributed by atoms with Crippen LogP contribution in [0.2, 0.25) is 5.02 Å². The van der Waals surface area contributed by atoms with Crippen molar-refractivity contribution in [2.24, 2.45) is 5.10 Å². The standard InChI is InChI=1S/C24H18ClN3O4/c25-20-10-8-16(12-19(20)24(30)31)22-11-9-17(32-22)13-27-28-23(29)14-26-21-7-3-5-15-4-1-2-6-18(15)21/h1-13,26H,14H2,(H,28,29)(H,30,31)/b27-13-. The van der Waals surface area contributed by atoms with Crippen LogP contribution >= 0.6 is 11.6 Å². The van der Waals surface area contributed by atoms with E-state index < -0.39 is 5.97 Å². The average Bonchev–Trinajstić information content (AvgIpc) is 3.26. The van der Waals surface area contributed by atoms with Gasteiger partial charge in [-0.05, 0) is 41.8 Å². The van der Waals surface area contributed by atoms with Crippen LogP contribution in [0.3, 0.4) is 0 Å². The van der Waals surface area contributed by atoms with E-state index in [2.05, 4.69) is 15.8 Å². The molecule has 4 aromatic rings. The number of anilines is 1. The number of benzene rings is 3. The summed E-state index contributed by atoms with van der Waals surface area (Å²) in [6, 6.07) is 21.7. The van der Waals surface area contributed by atoms with Crippen molar-refractivity contribution in [2.75, 3.05) is 11.9 Å². The lowest BCUT2D eigenvalue weighted by molar-refractivity contribution is -0.119. The van der Waals surface area contributed by atoms with Crippen molar-refractivity contribution in [3.05, 3.63) is 89.1 Å². The van der Waals surface area contributed by atoms with Gasteiger partial charge in [-0.25, -0.2) is 10.2 Å². The Morgan fingerprint density at radius 2 is 1.84 bits per heavy atom. The third kappa shape index (κ3) is 4.79. The van der Waals surface area contributed by atoms with E-state index in [0.29, 0.717) is 17.1 Å². The van der Waals surface area contributed by atoms with E-state index in [-0.39, 0.29) is 23.0 Å². The molecule has 0 atom stereocenters. The molecule has 8 heteroatoms. The molecule has 1 amide bonds. The fourth-order valence-electron chi connectivity index (χ4n) is 3.18. The molecule has 7 nitrogen and oxygen atoms in total. The fourth-order valence-corrected chi connectivity index (χ4v) is 3.38. The number of nitrogens with zero attached hydrogens (tertiary/aromatic N) is 1. The van der Waals surface area contributed by atoms with Crippen LogP contribution in [-0.2, 0) is 4.79 Å². The van der Waals surface area contributed by atoms with Crippen molar-refractivity contribution >= 4 is 46.2 Å². The number of carbonyl (C=O) groups excluding carboxylic acids is 1. The summed E-state index contributed by atoms with van der Waals surface area (Å²) in [4.78, 5) is 23.4. The maximum Gasteiger partial charge on any atom is 0.337 e. The highest BCUT2D eigenvalue weighted by molar-refractivity contribution is 6.33. The van der Waals surface area contributed by atoms with Crippen molar-refractivity contribution < 1.29 is 19.1 Å². The van der Waals surface area contributed by atoms with E-state index in [0.717, 1.165) is 16.5 Å². The molecule has 0 saturated carbocycles. The van der Waals surface area contributed by atoms with Crippen LogP contribution in [0.4, 0.5) is 5.69 Å². The molecule has 0 aliphatic carbocycles. The average molecular weight is 448 g/mol. The number of carboxylic acids is 1. The molecule has 1 heterocycles. The Balaban J connectivity index is 1.35. The first-order chi connectivity index (χ1) is 15.5. The zero-order valence-electron chi connectivity index (χ0n) is 16.7. The van der Waals surface area contributed by atoms with Gasteiger partial charge in [-0.15, -0.1) is 0 Å². The number of fused-ring (bicyclic) bond motifs is 1. The Kier molecular flexibility index (Phi) is 6.19. The molecule has 0 aliphatic heterocycles. The smallest absolute Gasteiger partial charge is 0.337 e. The largest absolute Gasteiger partial charge is 0.478 e. The summed E-state index contributed by atoms with van der Waals surface area (Å²) < 4.78 is 5.65. The molecule has 0 aliphatic rings. The number of amides is 1. The Labute approximate surface area is 188 Å². The number of hydrazone groups is 1. The van der Waals surface area contributed by atoms with E-state index in [1.807, 2.05) is 42.5 Å². The third-order valence-corrected chi connectivity index (χ3v) is 5.05. The van der Waals surface area contributed by atoms with Crippen LogP contribution in [0.5, 0.6) is 0 Å². The summed E-state index contributed by atoms with van der Waals surface area (Å²) in [5.41, 5.74) is 3.86. The topological polar surface area (TPSA) is 104 Å². The second kappa shape index (κ2) is 9.36. The van der Waals surface area contributed by atoms with Crippen molar-refractivity contribution in [3.8, 4) is 11.3 Å². The molecule has 32 heavy (non-hydrogen) atoms.